The summed E-state index contributed by atoms with van der Waals surface area (Å²) < 4.78 is 5.13. The van der Waals surface area contributed by atoms with Crippen LogP contribution in [0.4, 0.5) is 0 Å². The van der Waals surface area contributed by atoms with Crippen molar-refractivity contribution in [2.24, 2.45) is 5.73 Å². The van der Waals surface area contributed by atoms with Gasteiger partial charge < -0.3 is 15.8 Å². The van der Waals surface area contributed by atoms with Crippen molar-refractivity contribution in [2.45, 2.75) is 13.1 Å². The van der Waals surface area contributed by atoms with Crippen LogP contribution in [0.5, 0.6) is 5.75 Å². The molecular weight excluding hydrogens is 422 g/mol. The van der Waals surface area contributed by atoms with E-state index in [9.17, 15) is 19.2 Å². The summed E-state index contributed by atoms with van der Waals surface area (Å²) in [5, 5.41) is 2.77. The highest BCUT2D eigenvalue weighted by molar-refractivity contribution is 6.22. The van der Waals surface area contributed by atoms with Gasteiger partial charge in [0.15, 0.2) is 0 Å². The molecule has 0 aliphatic carbocycles. The number of imide groups is 1. The van der Waals surface area contributed by atoms with Gasteiger partial charge in [-0.2, -0.15) is 0 Å². The second-order valence-corrected chi connectivity index (χ2v) is 7.55. The molecule has 1 heterocycles. The highest BCUT2D eigenvalue weighted by Gasteiger charge is 2.36. The van der Waals surface area contributed by atoms with E-state index in [1.165, 1.54) is 18.2 Å². The summed E-state index contributed by atoms with van der Waals surface area (Å²) in [7, 11) is 1.56. The fraction of sp³-hybridized carbons (Fsp3) is 0.120. The maximum Gasteiger partial charge on any atom is 0.261 e. The molecule has 8 nitrogen and oxygen atoms in total. The van der Waals surface area contributed by atoms with E-state index in [1.807, 2.05) is 0 Å². The van der Waals surface area contributed by atoms with E-state index in [2.05, 4.69) is 5.32 Å². The van der Waals surface area contributed by atoms with E-state index in [4.69, 9.17) is 10.5 Å². The lowest BCUT2D eigenvalue weighted by molar-refractivity contribution is 0.0642. The third kappa shape index (κ3) is 4.45. The summed E-state index contributed by atoms with van der Waals surface area (Å²) in [5.41, 5.74) is 7.92. The van der Waals surface area contributed by atoms with Crippen LogP contribution in [-0.4, -0.2) is 35.6 Å². The lowest BCUT2D eigenvalue weighted by Crippen LogP contribution is -2.29. The van der Waals surface area contributed by atoms with E-state index in [-0.39, 0.29) is 35.7 Å². The molecule has 0 saturated carbocycles. The standard InChI is InChI=1S/C25H21N3O5/c1-33-19-9-4-16(5-10-19)14-28-24(31)20-11-8-18(12-21(20)25(28)32)23(30)27-13-15-2-6-17(7-3-15)22(26)29/h2-12H,13-14H2,1H3,(H2,26,29)(H,27,30). The van der Waals surface area contributed by atoms with Gasteiger partial charge >= 0.3 is 0 Å². The van der Waals surface area contributed by atoms with Gasteiger partial charge in [-0.15, -0.1) is 0 Å². The first kappa shape index (κ1) is 21.8. The summed E-state index contributed by atoms with van der Waals surface area (Å²) in [6.07, 6.45) is 0. The average molecular weight is 443 g/mol. The Morgan fingerprint density at radius 3 is 2.09 bits per heavy atom. The number of hydrogen-bond acceptors (Lipinski definition) is 5. The number of amides is 4. The molecule has 0 saturated heterocycles. The number of nitrogens with zero attached hydrogens (tertiary/aromatic N) is 1. The normalized spacial score (nSPS) is 12.5. The highest BCUT2D eigenvalue weighted by Crippen LogP contribution is 2.26. The number of benzene rings is 3. The van der Waals surface area contributed by atoms with Gasteiger partial charge in [0.2, 0.25) is 5.91 Å². The van der Waals surface area contributed by atoms with Crippen molar-refractivity contribution in [3.63, 3.8) is 0 Å². The molecule has 3 aromatic carbocycles. The predicted molar refractivity (Wildman–Crippen MR) is 120 cm³/mol. The molecule has 0 fully saturated rings. The number of primary amides is 1. The second-order valence-electron chi connectivity index (χ2n) is 7.55. The third-order valence-electron chi connectivity index (χ3n) is 5.42. The van der Waals surface area contributed by atoms with Gasteiger partial charge in [-0.1, -0.05) is 24.3 Å². The number of ether oxygens (including phenoxy) is 1. The average Bonchev–Trinajstić information content (AvgIpc) is 3.07. The van der Waals surface area contributed by atoms with Gasteiger partial charge in [0, 0.05) is 17.7 Å². The van der Waals surface area contributed by atoms with Gasteiger partial charge in [0.05, 0.1) is 24.8 Å². The zero-order valence-corrected chi connectivity index (χ0v) is 17.8. The molecule has 4 amide bonds. The van der Waals surface area contributed by atoms with Crippen molar-refractivity contribution < 1.29 is 23.9 Å². The molecule has 33 heavy (non-hydrogen) atoms. The van der Waals surface area contributed by atoms with Crippen molar-refractivity contribution in [1.29, 1.82) is 0 Å². The Hall–Kier alpha value is -4.46. The summed E-state index contributed by atoms with van der Waals surface area (Å²) in [5.74, 6) is -1.06. The van der Waals surface area contributed by atoms with Crippen molar-refractivity contribution in [1.82, 2.24) is 10.2 Å². The van der Waals surface area contributed by atoms with Gasteiger partial charge in [0.1, 0.15) is 5.75 Å². The Balaban J connectivity index is 1.45. The smallest absolute Gasteiger partial charge is 0.261 e. The Kier molecular flexibility index (Phi) is 5.91. The summed E-state index contributed by atoms with van der Waals surface area (Å²) in [4.78, 5) is 50.6. The molecule has 8 heteroatoms. The fourth-order valence-electron chi connectivity index (χ4n) is 3.56. The van der Waals surface area contributed by atoms with Gasteiger partial charge in [-0.25, -0.2) is 0 Å². The Morgan fingerprint density at radius 1 is 0.848 bits per heavy atom. The predicted octanol–water partition coefficient (Wildman–Crippen LogP) is 2.52. The van der Waals surface area contributed by atoms with E-state index in [1.54, 1.807) is 55.6 Å². The van der Waals surface area contributed by atoms with Gasteiger partial charge in [-0.3, -0.25) is 24.1 Å². The lowest BCUT2D eigenvalue weighted by Gasteiger charge is -2.14. The third-order valence-corrected chi connectivity index (χ3v) is 5.42. The first-order valence-corrected chi connectivity index (χ1v) is 10.2. The monoisotopic (exact) mass is 443 g/mol. The van der Waals surface area contributed by atoms with Gasteiger partial charge in [0.25, 0.3) is 17.7 Å². The van der Waals surface area contributed by atoms with Crippen LogP contribution in [0.25, 0.3) is 0 Å². The molecular formula is C25H21N3O5. The highest BCUT2D eigenvalue weighted by atomic mass is 16.5. The molecule has 0 unspecified atom stereocenters. The number of carbonyl (C=O) groups excluding carboxylic acids is 4. The molecule has 3 aromatic rings. The SMILES string of the molecule is COc1ccc(CN2C(=O)c3ccc(C(=O)NCc4ccc(C(N)=O)cc4)cc3C2=O)cc1. The molecule has 1 aliphatic rings. The van der Waals surface area contributed by atoms with Crippen molar-refractivity contribution in [3.8, 4) is 5.75 Å². The molecule has 0 atom stereocenters. The van der Waals surface area contributed by atoms with Crippen molar-refractivity contribution in [2.75, 3.05) is 7.11 Å². The number of methoxy groups -OCH3 is 1. The molecule has 4 rings (SSSR count). The molecule has 3 N–H and O–H groups in total. The number of hydrogen-bond donors (Lipinski definition) is 2. The van der Waals surface area contributed by atoms with Crippen molar-refractivity contribution in [3.05, 3.63) is 100 Å². The molecule has 0 spiro atoms. The van der Waals surface area contributed by atoms with Gasteiger partial charge in [-0.05, 0) is 53.6 Å². The zero-order valence-electron chi connectivity index (χ0n) is 17.8. The molecule has 1 aliphatic heterocycles. The summed E-state index contributed by atoms with van der Waals surface area (Å²) >= 11 is 0. The maximum absolute atomic E-state index is 12.9. The number of nitrogens with one attached hydrogen (secondary N) is 1. The quantitative estimate of drug-likeness (QED) is 0.544. The van der Waals surface area contributed by atoms with E-state index in [0.29, 0.717) is 11.3 Å². The second kappa shape index (κ2) is 8.96. The molecule has 166 valence electrons. The van der Waals surface area contributed by atoms with Crippen molar-refractivity contribution >= 4 is 23.6 Å². The summed E-state index contributed by atoms with van der Waals surface area (Å²) in [6.45, 7) is 0.352. The van der Waals surface area contributed by atoms with Crippen LogP contribution in [0.2, 0.25) is 0 Å². The van der Waals surface area contributed by atoms with Crippen LogP contribution in [0, 0.1) is 0 Å². The van der Waals surface area contributed by atoms with Crippen LogP contribution in [0.1, 0.15) is 52.6 Å². The topological polar surface area (TPSA) is 119 Å². The van der Waals surface area contributed by atoms with Crippen LogP contribution >= 0.6 is 0 Å². The first-order chi connectivity index (χ1) is 15.9. The number of rotatable bonds is 7. The van der Waals surface area contributed by atoms with E-state index >= 15 is 0 Å². The minimum Gasteiger partial charge on any atom is -0.497 e. The van der Waals surface area contributed by atoms with E-state index < -0.39 is 17.7 Å². The Bertz CT molecular complexity index is 1250. The lowest BCUT2D eigenvalue weighted by atomic mass is 10.1. The van der Waals surface area contributed by atoms with E-state index in [0.717, 1.165) is 16.0 Å². The largest absolute Gasteiger partial charge is 0.497 e. The molecule has 0 bridgehead atoms. The minimum absolute atomic E-state index is 0.124. The number of nitrogens with two attached hydrogens (primary N) is 1. The zero-order chi connectivity index (χ0) is 23.5. The number of fused-ring (bicyclic) bond motifs is 1. The minimum atomic E-state index is -0.524. The Labute approximate surface area is 190 Å². The van der Waals surface area contributed by atoms with Crippen LogP contribution in [-0.2, 0) is 13.1 Å². The molecule has 0 aromatic heterocycles. The van der Waals surface area contributed by atoms with Crippen LogP contribution in [0.15, 0.2) is 66.7 Å². The first-order valence-electron chi connectivity index (χ1n) is 10.2. The molecule has 0 radical (unpaired) electrons. The number of carbonyl (C=O) groups is 4. The van der Waals surface area contributed by atoms with Crippen LogP contribution in [0.3, 0.4) is 0 Å². The maximum atomic E-state index is 12.9. The fourth-order valence-corrected chi connectivity index (χ4v) is 3.56. The van der Waals surface area contributed by atoms with Crippen LogP contribution < -0.4 is 15.8 Å². The Morgan fingerprint density at radius 2 is 1.45 bits per heavy atom. The summed E-state index contributed by atoms with van der Waals surface area (Å²) in [6, 6.07) is 18.1.